The van der Waals surface area contributed by atoms with Gasteiger partial charge in [-0.05, 0) is 36.4 Å². The number of fused-ring (bicyclic) bond motifs is 1. The van der Waals surface area contributed by atoms with Crippen LogP contribution in [0.25, 0.3) is 11.4 Å². The first-order valence-corrected chi connectivity index (χ1v) is 10.7. The lowest BCUT2D eigenvalue weighted by Crippen LogP contribution is -2.21. The molecular formula is C23H20N8O4. The van der Waals surface area contributed by atoms with Crippen LogP contribution in [-0.2, 0) is 11.3 Å². The number of ether oxygens (including phenoxy) is 2. The highest BCUT2D eigenvalue weighted by molar-refractivity contribution is 6.04. The summed E-state index contributed by atoms with van der Waals surface area (Å²) in [5.74, 6) is 0.701. The molecule has 0 radical (unpaired) electrons. The van der Waals surface area contributed by atoms with E-state index in [1.165, 1.54) is 17.2 Å². The lowest BCUT2D eigenvalue weighted by molar-refractivity contribution is -0.117. The average Bonchev–Trinajstić information content (AvgIpc) is 3.32. The van der Waals surface area contributed by atoms with E-state index < -0.39 is 5.91 Å². The third kappa shape index (κ3) is 5.05. The van der Waals surface area contributed by atoms with Crippen molar-refractivity contribution >= 4 is 23.2 Å². The van der Waals surface area contributed by atoms with Crippen LogP contribution in [0.4, 0.5) is 11.4 Å². The number of aryl methyl sites for hydroxylation is 1. The fourth-order valence-corrected chi connectivity index (χ4v) is 3.35. The van der Waals surface area contributed by atoms with E-state index in [1.807, 2.05) is 0 Å². The molecule has 176 valence electrons. The number of rotatable bonds is 6. The molecule has 35 heavy (non-hydrogen) atoms. The van der Waals surface area contributed by atoms with Crippen molar-refractivity contribution in [3.8, 4) is 22.9 Å². The third-order valence-corrected chi connectivity index (χ3v) is 4.99. The summed E-state index contributed by atoms with van der Waals surface area (Å²) < 4.78 is 11.0. The number of nitrogens with zero attached hydrogens (tertiary/aromatic N) is 6. The smallest absolute Gasteiger partial charge is 0.275 e. The van der Waals surface area contributed by atoms with E-state index in [-0.39, 0.29) is 24.0 Å². The summed E-state index contributed by atoms with van der Waals surface area (Å²) in [5, 5.41) is 17.9. The van der Waals surface area contributed by atoms with Crippen LogP contribution in [0.2, 0.25) is 0 Å². The maximum atomic E-state index is 12.6. The fraction of sp³-hybridized carbons (Fsp3) is 0.174. The molecule has 0 atom stereocenters. The molecule has 2 aromatic carbocycles. The summed E-state index contributed by atoms with van der Waals surface area (Å²) in [6.45, 7) is 2.58. The molecule has 4 aromatic rings. The van der Waals surface area contributed by atoms with Gasteiger partial charge in [-0.15, -0.1) is 10.2 Å². The van der Waals surface area contributed by atoms with Gasteiger partial charge < -0.3 is 20.1 Å². The standard InChI is InChI=1S/C23H20N8O4/c1-14-11-25-18(12-24-14)23(33)27-17-5-3-2-4-16(17)22-28-30-31(29-22)13-21(32)26-15-6-7-19-20(10-15)35-9-8-34-19/h2-7,10-12H,8-9,13H2,1H3,(H,26,32)(H,27,33). The fourth-order valence-electron chi connectivity index (χ4n) is 3.35. The van der Waals surface area contributed by atoms with Crippen LogP contribution in [0.5, 0.6) is 11.5 Å². The summed E-state index contributed by atoms with van der Waals surface area (Å²) in [5.41, 5.74) is 2.46. The minimum atomic E-state index is -0.420. The Bertz CT molecular complexity index is 1390. The largest absolute Gasteiger partial charge is 0.486 e. The molecule has 0 saturated carbocycles. The zero-order valence-corrected chi connectivity index (χ0v) is 18.6. The number of hydrogen-bond donors (Lipinski definition) is 2. The zero-order chi connectivity index (χ0) is 24.2. The van der Waals surface area contributed by atoms with Crippen LogP contribution < -0.4 is 20.1 Å². The number of para-hydroxylation sites is 1. The highest BCUT2D eigenvalue weighted by Gasteiger charge is 2.17. The number of amides is 2. The minimum Gasteiger partial charge on any atom is -0.486 e. The second-order valence-electron chi connectivity index (χ2n) is 7.59. The molecule has 12 nitrogen and oxygen atoms in total. The summed E-state index contributed by atoms with van der Waals surface area (Å²) in [4.78, 5) is 34.4. The highest BCUT2D eigenvalue weighted by atomic mass is 16.6. The summed E-state index contributed by atoms with van der Waals surface area (Å²) in [6, 6.07) is 12.2. The lowest BCUT2D eigenvalue weighted by Gasteiger charge is -2.18. The van der Waals surface area contributed by atoms with Crippen molar-refractivity contribution in [3.05, 3.63) is 66.2 Å². The monoisotopic (exact) mass is 472 g/mol. The molecule has 0 saturated heterocycles. The van der Waals surface area contributed by atoms with E-state index in [2.05, 4.69) is 36.0 Å². The predicted octanol–water partition coefficient (Wildman–Crippen LogP) is 2.10. The van der Waals surface area contributed by atoms with Crippen LogP contribution in [0.3, 0.4) is 0 Å². The predicted molar refractivity (Wildman–Crippen MR) is 124 cm³/mol. The number of carbonyl (C=O) groups is 2. The van der Waals surface area contributed by atoms with Crippen molar-refractivity contribution in [2.24, 2.45) is 0 Å². The Labute approximate surface area is 199 Å². The van der Waals surface area contributed by atoms with Crippen molar-refractivity contribution in [2.75, 3.05) is 23.8 Å². The van der Waals surface area contributed by atoms with Gasteiger partial charge in [-0.25, -0.2) is 4.98 Å². The number of anilines is 2. The first-order valence-electron chi connectivity index (χ1n) is 10.7. The zero-order valence-electron chi connectivity index (χ0n) is 18.6. The Morgan fingerprint density at radius 2 is 1.83 bits per heavy atom. The van der Waals surface area contributed by atoms with Crippen LogP contribution >= 0.6 is 0 Å². The maximum absolute atomic E-state index is 12.6. The molecule has 2 amide bonds. The summed E-state index contributed by atoms with van der Waals surface area (Å²) in [7, 11) is 0. The lowest BCUT2D eigenvalue weighted by atomic mass is 10.1. The first-order chi connectivity index (χ1) is 17.0. The third-order valence-electron chi connectivity index (χ3n) is 4.99. The molecule has 3 heterocycles. The Hall–Kier alpha value is -4.87. The number of aromatic nitrogens is 6. The number of carbonyl (C=O) groups excluding carboxylic acids is 2. The Morgan fingerprint density at radius 3 is 2.66 bits per heavy atom. The summed E-state index contributed by atoms with van der Waals surface area (Å²) >= 11 is 0. The van der Waals surface area contributed by atoms with Crippen molar-refractivity contribution < 1.29 is 19.1 Å². The van der Waals surface area contributed by atoms with Gasteiger partial charge in [0.1, 0.15) is 25.5 Å². The average molecular weight is 472 g/mol. The first kappa shape index (κ1) is 21.9. The molecule has 12 heteroatoms. The van der Waals surface area contributed by atoms with Crippen molar-refractivity contribution in [2.45, 2.75) is 13.5 Å². The van der Waals surface area contributed by atoms with E-state index in [0.29, 0.717) is 47.3 Å². The van der Waals surface area contributed by atoms with Crippen LogP contribution in [-0.4, -0.2) is 55.2 Å². The van der Waals surface area contributed by atoms with Crippen molar-refractivity contribution in [1.82, 2.24) is 30.2 Å². The Balaban J connectivity index is 1.27. The number of nitrogens with one attached hydrogen (secondary N) is 2. The minimum absolute atomic E-state index is 0.158. The number of benzene rings is 2. The SMILES string of the molecule is Cc1cnc(C(=O)Nc2ccccc2-c2nnn(CC(=O)Nc3ccc4c(c3)OCCO4)n2)cn1. The van der Waals surface area contributed by atoms with Crippen LogP contribution in [0.15, 0.2) is 54.9 Å². The van der Waals surface area contributed by atoms with Gasteiger partial charge in [0.05, 0.1) is 17.6 Å². The van der Waals surface area contributed by atoms with Gasteiger partial charge in [0.25, 0.3) is 5.91 Å². The maximum Gasteiger partial charge on any atom is 0.275 e. The molecular weight excluding hydrogens is 452 g/mol. The molecule has 2 aromatic heterocycles. The molecule has 1 aliphatic heterocycles. The number of tetrazole rings is 1. The van der Waals surface area contributed by atoms with Gasteiger partial charge in [-0.3, -0.25) is 14.6 Å². The molecule has 0 spiro atoms. The van der Waals surface area contributed by atoms with Crippen LogP contribution in [0.1, 0.15) is 16.2 Å². The van der Waals surface area contributed by atoms with E-state index in [0.717, 1.165) is 0 Å². The van der Waals surface area contributed by atoms with E-state index in [4.69, 9.17) is 9.47 Å². The van der Waals surface area contributed by atoms with Gasteiger partial charge >= 0.3 is 0 Å². The Kier molecular flexibility index (Phi) is 5.99. The molecule has 0 unspecified atom stereocenters. The molecule has 0 aliphatic carbocycles. The second-order valence-corrected chi connectivity index (χ2v) is 7.59. The normalized spacial score (nSPS) is 12.1. The summed E-state index contributed by atoms with van der Waals surface area (Å²) in [6.07, 6.45) is 2.92. The molecule has 0 bridgehead atoms. The quantitative estimate of drug-likeness (QED) is 0.431. The van der Waals surface area contributed by atoms with Gasteiger partial charge in [0.2, 0.25) is 11.7 Å². The Morgan fingerprint density at radius 1 is 1.00 bits per heavy atom. The number of hydrogen-bond acceptors (Lipinski definition) is 9. The highest BCUT2D eigenvalue weighted by Crippen LogP contribution is 2.32. The molecule has 1 aliphatic rings. The van der Waals surface area contributed by atoms with Crippen LogP contribution in [0, 0.1) is 6.92 Å². The van der Waals surface area contributed by atoms with E-state index >= 15 is 0 Å². The van der Waals surface area contributed by atoms with Crippen molar-refractivity contribution in [3.63, 3.8) is 0 Å². The van der Waals surface area contributed by atoms with Gasteiger partial charge in [-0.1, -0.05) is 12.1 Å². The van der Waals surface area contributed by atoms with Gasteiger partial charge in [0, 0.05) is 23.5 Å². The topological polar surface area (TPSA) is 146 Å². The van der Waals surface area contributed by atoms with Gasteiger partial charge in [0.15, 0.2) is 11.5 Å². The molecule has 0 fully saturated rings. The molecule has 2 N–H and O–H groups in total. The second kappa shape index (κ2) is 9.55. The van der Waals surface area contributed by atoms with Crippen molar-refractivity contribution in [1.29, 1.82) is 0 Å². The van der Waals surface area contributed by atoms with E-state index in [9.17, 15) is 9.59 Å². The van der Waals surface area contributed by atoms with Gasteiger partial charge in [-0.2, -0.15) is 4.80 Å². The van der Waals surface area contributed by atoms with E-state index in [1.54, 1.807) is 49.4 Å². The molecule has 5 rings (SSSR count).